The molecule has 0 spiro atoms. The number of aromatic nitrogens is 1. The molecule has 8 rings (SSSR count). The average molecular weight is 621 g/mol. The second-order valence-corrected chi connectivity index (χ2v) is 18.4. The Balaban J connectivity index is 1.29. The van der Waals surface area contributed by atoms with E-state index in [9.17, 15) is 0 Å². The first-order valence-corrected chi connectivity index (χ1v) is 19.8. The van der Waals surface area contributed by atoms with Gasteiger partial charge in [-0.05, 0) is 96.2 Å². The van der Waals surface area contributed by atoms with E-state index in [0.717, 1.165) is 17.2 Å². The summed E-state index contributed by atoms with van der Waals surface area (Å²) < 4.78 is 0. The van der Waals surface area contributed by atoms with Crippen LogP contribution in [0.3, 0.4) is 0 Å². The van der Waals surface area contributed by atoms with E-state index < -0.39 is 8.07 Å². The second kappa shape index (κ2) is 11.7. The highest BCUT2D eigenvalue weighted by atomic mass is 28.3. The first-order chi connectivity index (χ1) is 23.0. The van der Waals surface area contributed by atoms with Gasteiger partial charge in [-0.15, -0.1) is 0 Å². The van der Waals surface area contributed by atoms with Crippen LogP contribution in [-0.4, -0.2) is 13.1 Å². The maximum atomic E-state index is 4.98. The van der Waals surface area contributed by atoms with Crippen LogP contribution in [-0.2, 0) is 0 Å². The standard InChI is InChI=1S/C44H36N2Si/c1-47(2,3)37-27-28-42(45-30-37)46(35-15-5-4-6-16-35)36-25-23-32(24-26-36)43-38-17-9-11-19-40(38)44(41-20-12-10-18-39(41)43)34-22-21-31-13-7-8-14-33(31)29-34/h4-30H,1-3H3. The lowest BCUT2D eigenvalue weighted by molar-refractivity contribution is 1.18. The van der Waals surface area contributed by atoms with E-state index in [1.54, 1.807) is 0 Å². The van der Waals surface area contributed by atoms with Crippen LogP contribution < -0.4 is 10.1 Å². The molecule has 0 unspecified atom stereocenters. The molecule has 0 aliphatic heterocycles. The predicted octanol–water partition coefficient (Wildman–Crippen LogP) is 11.9. The monoisotopic (exact) mass is 620 g/mol. The van der Waals surface area contributed by atoms with E-state index in [1.165, 1.54) is 59.8 Å². The Labute approximate surface area is 277 Å². The van der Waals surface area contributed by atoms with Gasteiger partial charge in [0.05, 0.1) is 8.07 Å². The SMILES string of the molecule is C[Si](C)(C)c1ccc(N(c2ccccc2)c2ccc(-c3c4ccccc4c(-c4ccc5ccccc5c4)c4ccccc34)cc2)nc1. The molecule has 0 amide bonds. The fourth-order valence-electron chi connectivity index (χ4n) is 6.83. The van der Waals surface area contributed by atoms with Crippen molar-refractivity contribution in [2.75, 3.05) is 4.90 Å². The third-order valence-electron chi connectivity index (χ3n) is 9.24. The molecule has 0 aliphatic rings. The van der Waals surface area contributed by atoms with Crippen LogP contribution in [0.25, 0.3) is 54.6 Å². The Hall–Kier alpha value is -5.51. The molecule has 0 fully saturated rings. The van der Waals surface area contributed by atoms with E-state index in [-0.39, 0.29) is 0 Å². The molecule has 8 aromatic rings. The van der Waals surface area contributed by atoms with Crippen LogP contribution in [0.1, 0.15) is 0 Å². The molecule has 0 bridgehead atoms. The van der Waals surface area contributed by atoms with E-state index in [4.69, 9.17) is 4.98 Å². The van der Waals surface area contributed by atoms with Gasteiger partial charge in [0, 0.05) is 17.6 Å². The van der Waals surface area contributed by atoms with Crippen molar-refractivity contribution in [1.82, 2.24) is 4.98 Å². The molecule has 0 atom stereocenters. The lowest BCUT2D eigenvalue weighted by Gasteiger charge is -2.26. The van der Waals surface area contributed by atoms with E-state index in [2.05, 4.69) is 188 Å². The maximum absolute atomic E-state index is 4.98. The Morgan fingerprint density at radius 3 is 1.53 bits per heavy atom. The Bertz CT molecular complexity index is 2310. The lowest BCUT2D eigenvalue weighted by atomic mass is 9.85. The number of nitrogens with zero attached hydrogens (tertiary/aromatic N) is 2. The number of rotatable bonds is 6. The van der Waals surface area contributed by atoms with Crippen LogP contribution in [0.15, 0.2) is 164 Å². The zero-order chi connectivity index (χ0) is 32.0. The van der Waals surface area contributed by atoms with Crippen molar-refractivity contribution in [1.29, 1.82) is 0 Å². The molecular weight excluding hydrogens is 585 g/mol. The summed E-state index contributed by atoms with van der Waals surface area (Å²) in [6.45, 7) is 7.08. The van der Waals surface area contributed by atoms with Crippen molar-refractivity contribution in [3.63, 3.8) is 0 Å². The summed E-state index contributed by atoms with van der Waals surface area (Å²) in [6, 6.07) is 57.1. The minimum atomic E-state index is -1.46. The molecule has 2 nitrogen and oxygen atoms in total. The van der Waals surface area contributed by atoms with Gasteiger partial charge >= 0.3 is 0 Å². The van der Waals surface area contributed by atoms with Crippen LogP contribution in [0.2, 0.25) is 19.6 Å². The zero-order valence-corrected chi connectivity index (χ0v) is 28.0. The highest BCUT2D eigenvalue weighted by molar-refractivity contribution is 6.88. The molecular formula is C44H36N2Si. The van der Waals surface area contributed by atoms with Gasteiger partial charge in [0.2, 0.25) is 0 Å². The van der Waals surface area contributed by atoms with E-state index in [0.29, 0.717) is 0 Å². The maximum Gasteiger partial charge on any atom is 0.137 e. The number of hydrogen-bond donors (Lipinski definition) is 0. The Morgan fingerprint density at radius 1 is 0.447 bits per heavy atom. The highest BCUT2D eigenvalue weighted by Gasteiger charge is 2.20. The van der Waals surface area contributed by atoms with Crippen molar-refractivity contribution >= 4 is 62.8 Å². The van der Waals surface area contributed by atoms with Gasteiger partial charge in [-0.3, -0.25) is 4.90 Å². The fourth-order valence-corrected chi connectivity index (χ4v) is 7.86. The molecule has 226 valence electrons. The minimum absolute atomic E-state index is 0.918. The van der Waals surface area contributed by atoms with Gasteiger partial charge in [0.1, 0.15) is 5.82 Å². The smallest absolute Gasteiger partial charge is 0.137 e. The zero-order valence-electron chi connectivity index (χ0n) is 27.0. The molecule has 7 aromatic carbocycles. The molecule has 0 saturated heterocycles. The van der Waals surface area contributed by atoms with Crippen LogP contribution in [0.4, 0.5) is 17.2 Å². The van der Waals surface area contributed by atoms with Crippen molar-refractivity contribution in [3.05, 3.63) is 164 Å². The largest absolute Gasteiger partial charge is 0.295 e. The summed E-state index contributed by atoms with van der Waals surface area (Å²) in [7, 11) is -1.46. The van der Waals surface area contributed by atoms with Crippen molar-refractivity contribution in [3.8, 4) is 22.3 Å². The lowest BCUT2D eigenvalue weighted by Crippen LogP contribution is -2.37. The molecule has 47 heavy (non-hydrogen) atoms. The summed E-state index contributed by atoms with van der Waals surface area (Å²) >= 11 is 0. The van der Waals surface area contributed by atoms with Gasteiger partial charge < -0.3 is 0 Å². The molecule has 0 N–H and O–H groups in total. The first-order valence-electron chi connectivity index (χ1n) is 16.3. The summed E-state index contributed by atoms with van der Waals surface area (Å²) in [5, 5.41) is 8.90. The first kappa shape index (κ1) is 28.9. The summed E-state index contributed by atoms with van der Waals surface area (Å²) in [4.78, 5) is 7.23. The van der Waals surface area contributed by atoms with E-state index >= 15 is 0 Å². The normalized spacial score (nSPS) is 11.7. The summed E-state index contributed by atoms with van der Waals surface area (Å²) in [6.07, 6.45) is 2.07. The summed E-state index contributed by atoms with van der Waals surface area (Å²) in [5.41, 5.74) is 7.14. The third-order valence-corrected chi connectivity index (χ3v) is 11.3. The van der Waals surface area contributed by atoms with Crippen LogP contribution in [0.5, 0.6) is 0 Å². The van der Waals surface area contributed by atoms with Crippen molar-refractivity contribution in [2.24, 2.45) is 0 Å². The van der Waals surface area contributed by atoms with Gasteiger partial charge in [0.15, 0.2) is 0 Å². The number of para-hydroxylation sites is 1. The van der Waals surface area contributed by atoms with Gasteiger partial charge in [-0.2, -0.15) is 0 Å². The molecule has 0 radical (unpaired) electrons. The quantitative estimate of drug-likeness (QED) is 0.136. The van der Waals surface area contributed by atoms with Gasteiger partial charge in [-0.25, -0.2) is 4.98 Å². The Kier molecular flexibility index (Phi) is 7.19. The number of pyridine rings is 1. The number of benzene rings is 7. The number of anilines is 3. The number of fused-ring (bicyclic) bond motifs is 3. The topological polar surface area (TPSA) is 16.1 Å². The third kappa shape index (κ3) is 5.29. The molecule has 0 aliphatic carbocycles. The molecule has 1 aromatic heterocycles. The van der Waals surface area contributed by atoms with Gasteiger partial charge in [0.25, 0.3) is 0 Å². The fraction of sp³-hybridized carbons (Fsp3) is 0.0682. The molecule has 3 heteroatoms. The molecule has 1 heterocycles. The average Bonchev–Trinajstić information content (AvgIpc) is 3.11. The van der Waals surface area contributed by atoms with Crippen LogP contribution in [0, 0.1) is 0 Å². The Morgan fingerprint density at radius 2 is 0.957 bits per heavy atom. The predicted molar refractivity (Wildman–Crippen MR) is 205 cm³/mol. The van der Waals surface area contributed by atoms with E-state index in [1.807, 2.05) is 0 Å². The minimum Gasteiger partial charge on any atom is -0.295 e. The van der Waals surface area contributed by atoms with Crippen LogP contribution >= 0.6 is 0 Å². The van der Waals surface area contributed by atoms with Crippen molar-refractivity contribution in [2.45, 2.75) is 19.6 Å². The highest BCUT2D eigenvalue weighted by Crippen LogP contribution is 2.44. The number of hydrogen-bond acceptors (Lipinski definition) is 2. The molecule has 0 saturated carbocycles. The van der Waals surface area contributed by atoms with Gasteiger partial charge in [-0.1, -0.05) is 141 Å². The second-order valence-electron chi connectivity index (χ2n) is 13.3. The summed E-state index contributed by atoms with van der Waals surface area (Å²) in [5.74, 6) is 0.918. The van der Waals surface area contributed by atoms with Crippen molar-refractivity contribution < 1.29 is 0 Å².